The van der Waals surface area contributed by atoms with Crippen molar-refractivity contribution in [3.8, 4) is 0 Å². The second kappa shape index (κ2) is 4.96. The number of benzene rings is 1. The summed E-state index contributed by atoms with van der Waals surface area (Å²) in [6.45, 7) is 0. The first kappa shape index (κ1) is 10.9. The average Bonchev–Trinajstić information content (AvgIpc) is 2.61. The van der Waals surface area contributed by atoms with Gasteiger partial charge in [-0.05, 0) is 18.2 Å². The molecule has 0 radical (unpaired) electrons. The van der Waals surface area contributed by atoms with Gasteiger partial charge in [0.05, 0.1) is 0 Å². The summed E-state index contributed by atoms with van der Waals surface area (Å²) in [4.78, 5) is 1.19. The van der Waals surface area contributed by atoms with Gasteiger partial charge in [0.2, 0.25) is 0 Å². The number of rotatable bonds is 3. The molecule has 6 heteroatoms. The molecule has 15 heavy (non-hydrogen) atoms. The summed E-state index contributed by atoms with van der Waals surface area (Å²) < 4.78 is 4.88. The molecule has 0 atom stereocenters. The Morgan fingerprint density at radius 1 is 1.47 bits per heavy atom. The molecule has 0 aliphatic rings. The molecule has 0 aliphatic carbocycles. The Kier molecular flexibility index (Phi) is 3.61. The van der Waals surface area contributed by atoms with Crippen LogP contribution in [0.4, 0.5) is 5.00 Å². The number of halogens is 1. The minimum absolute atomic E-state index is 0.706. The van der Waals surface area contributed by atoms with Crippen molar-refractivity contribution in [1.82, 2.24) is 9.59 Å². The van der Waals surface area contributed by atoms with E-state index in [0.29, 0.717) is 5.00 Å². The van der Waals surface area contributed by atoms with E-state index in [9.17, 15) is 0 Å². The van der Waals surface area contributed by atoms with Crippen molar-refractivity contribution in [2.45, 2.75) is 10.6 Å². The molecule has 0 unspecified atom stereocenters. The number of nitrogen functional groups attached to an aromatic ring is 1. The lowest BCUT2D eigenvalue weighted by atomic mass is 10.4. The van der Waals surface area contributed by atoms with Gasteiger partial charge in [0.15, 0.2) is 0 Å². The largest absolute Gasteiger partial charge is 0.388 e. The van der Waals surface area contributed by atoms with Gasteiger partial charge >= 0.3 is 0 Å². The van der Waals surface area contributed by atoms with Crippen LogP contribution in [0.15, 0.2) is 33.6 Å². The maximum absolute atomic E-state index is 5.71. The maximum Gasteiger partial charge on any atom is 0.131 e. The molecular weight excluding hydrogens is 294 g/mol. The van der Waals surface area contributed by atoms with Crippen molar-refractivity contribution in [2.24, 2.45) is 0 Å². The molecule has 1 heterocycles. The predicted octanol–water partition coefficient (Wildman–Crippen LogP) is 3.18. The monoisotopic (exact) mass is 301 g/mol. The van der Waals surface area contributed by atoms with Crippen molar-refractivity contribution in [3.63, 3.8) is 0 Å². The van der Waals surface area contributed by atoms with E-state index in [1.54, 1.807) is 11.8 Å². The fourth-order valence-corrected chi connectivity index (χ4v) is 3.01. The zero-order chi connectivity index (χ0) is 10.7. The first-order valence-electron chi connectivity index (χ1n) is 4.21. The maximum atomic E-state index is 5.71. The van der Waals surface area contributed by atoms with E-state index in [1.807, 2.05) is 12.1 Å². The summed E-state index contributed by atoms with van der Waals surface area (Å²) >= 11 is 6.37. The van der Waals surface area contributed by atoms with Crippen LogP contribution in [0.5, 0.6) is 0 Å². The van der Waals surface area contributed by atoms with Crippen molar-refractivity contribution in [3.05, 3.63) is 34.4 Å². The number of anilines is 1. The molecule has 0 saturated heterocycles. The second-order valence-corrected chi connectivity index (χ2v) is 5.58. The van der Waals surface area contributed by atoms with Crippen molar-refractivity contribution in [2.75, 3.05) is 5.73 Å². The van der Waals surface area contributed by atoms with Gasteiger partial charge in [0, 0.05) is 26.7 Å². The number of aromatic nitrogens is 2. The van der Waals surface area contributed by atoms with E-state index in [-0.39, 0.29) is 0 Å². The van der Waals surface area contributed by atoms with Crippen LogP contribution in [0.1, 0.15) is 5.69 Å². The number of thioether (sulfide) groups is 1. The van der Waals surface area contributed by atoms with Gasteiger partial charge < -0.3 is 5.73 Å². The van der Waals surface area contributed by atoms with Crippen molar-refractivity contribution < 1.29 is 0 Å². The second-order valence-electron chi connectivity index (χ2n) is 2.83. The number of nitrogens with two attached hydrogens (primary N) is 1. The number of hydrogen-bond donors (Lipinski definition) is 1. The van der Waals surface area contributed by atoms with Crippen molar-refractivity contribution in [1.29, 1.82) is 0 Å². The highest BCUT2D eigenvalue weighted by Gasteiger charge is 2.04. The molecule has 1 aromatic heterocycles. The van der Waals surface area contributed by atoms with E-state index in [4.69, 9.17) is 5.73 Å². The summed E-state index contributed by atoms with van der Waals surface area (Å²) in [6, 6.07) is 8.14. The molecule has 3 nitrogen and oxygen atoms in total. The van der Waals surface area contributed by atoms with Crippen LogP contribution in [-0.2, 0) is 5.75 Å². The highest BCUT2D eigenvalue weighted by molar-refractivity contribution is 9.10. The topological polar surface area (TPSA) is 51.8 Å². The molecule has 0 saturated carbocycles. The Bertz CT molecular complexity index is 458. The van der Waals surface area contributed by atoms with E-state index in [2.05, 4.69) is 37.6 Å². The summed E-state index contributed by atoms with van der Waals surface area (Å²) in [7, 11) is 0. The van der Waals surface area contributed by atoms with Crippen molar-refractivity contribution >= 4 is 44.2 Å². The molecule has 0 bridgehead atoms. The number of hydrogen-bond acceptors (Lipinski definition) is 5. The number of nitrogens with zero attached hydrogens (tertiary/aromatic N) is 2. The lowest BCUT2D eigenvalue weighted by molar-refractivity contribution is 1.08. The Labute approximate surface area is 104 Å². The summed E-state index contributed by atoms with van der Waals surface area (Å²) in [6.07, 6.45) is 0. The minimum Gasteiger partial charge on any atom is -0.388 e. The van der Waals surface area contributed by atoms with E-state index < -0.39 is 0 Å². The lowest BCUT2D eigenvalue weighted by Gasteiger charge is -1.99. The Balaban J connectivity index is 2.02. The van der Waals surface area contributed by atoms with Gasteiger partial charge in [0.25, 0.3) is 0 Å². The normalized spacial score (nSPS) is 10.5. The Morgan fingerprint density at radius 2 is 2.33 bits per heavy atom. The van der Waals surface area contributed by atoms with Crippen LogP contribution in [0.25, 0.3) is 0 Å². The third-order valence-electron chi connectivity index (χ3n) is 1.76. The highest BCUT2D eigenvalue weighted by atomic mass is 79.9. The lowest BCUT2D eigenvalue weighted by Crippen LogP contribution is -1.88. The summed E-state index contributed by atoms with van der Waals surface area (Å²) in [5.74, 6) is 0.763. The summed E-state index contributed by atoms with van der Waals surface area (Å²) in [5.41, 5.74) is 6.57. The SMILES string of the molecule is Nc1snnc1CSc1cccc(Br)c1. The molecule has 0 spiro atoms. The third-order valence-corrected chi connectivity index (χ3v) is 3.85. The van der Waals surface area contributed by atoms with E-state index >= 15 is 0 Å². The minimum atomic E-state index is 0.706. The van der Waals surface area contributed by atoms with Crippen LogP contribution in [0.2, 0.25) is 0 Å². The Hall–Kier alpha value is -0.590. The van der Waals surface area contributed by atoms with Crippen LogP contribution in [0.3, 0.4) is 0 Å². The third kappa shape index (κ3) is 2.93. The average molecular weight is 302 g/mol. The molecule has 1 aromatic carbocycles. The van der Waals surface area contributed by atoms with Crippen LogP contribution >= 0.6 is 39.2 Å². The predicted molar refractivity (Wildman–Crippen MR) is 68.0 cm³/mol. The van der Waals surface area contributed by atoms with Gasteiger partial charge in [0.1, 0.15) is 10.7 Å². The molecular formula is C9H8BrN3S2. The molecule has 2 aromatic rings. The van der Waals surface area contributed by atoms with Gasteiger partial charge in [-0.2, -0.15) is 0 Å². The first-order chi connectivity index (χ1) is 7.25. The molecule has 78 valence electrons. The van der Waals surface area contributed by atoms with Crippen LogP contribution in [-0.4, -0.2) is 9.59 Å². The fourth-order valence-electron chi connectivity index (χ4n) is 1.02. The molecule has 0 amide bonds. The Morgan fingerprint density at radius 3 is 3.00 bits per heavy atom. The molecule has 0 aliphatic heterocycles. The van der Waals surface area contributed by atoms with E-state index in [0.717, 1.165) is 15.9 Å². The fraction of sp³-hybridized carbons (Fsp3) is 0.111. The van der Waals surface area contributed by atoms with Gasteiger partial charge in [-0.25, -0.2) is 0 Å². The smallest absolute Gasteiger partial charge is 0.131 e. The zero-order valence-electron chi connectivity index (χ0n) is 7.68. The molecule has 2 rings (SSSR count). The zero-order valence-corrected chi connectivity index (χ0v) is 10.9. The van der Waals surface area contributed by atoms with Crippen LogP contribution < -0.4 is 5.73 Å². The van der Waals surface area contributed by atoms with Gasteiger partial charge in [-0.3, -0.25) is 0 Å². The van der Waals surface area contributed by atoms with Crippen LogP contribution in [0, 0.1) is 0 Å². The molecule has 2 N–H and O–H groups in total. The van der Waals surface area contributed by atoms with Gasteiger partial charge in [-0.15, -0.1) is 16.9 Å². The standard InChI is InChI=1S/C9H8BrN3S2/c10-6-2-1-3-7(4-6)14-5-8-9(11)15-13-12-8/h1-4H,5,11H2. The quantitative estimate of drug-likeness (QED) is 0.885. The molecule has 0 fully saturated rings. The van der Waals surface area contributed by atoms with Gasteiger partial charge in [-0.1, -0.05) is 26.5 Å². The summed E-state index contributed by atoms with van der Waals surface area (Å²) in [5, 5.41) is 4.67. The first-order valence-corrected chi connectivity index (χ1v) is 6.76. The highest BCUT2D eigenvalue weighted by Crippen LogP contribution is 2.27. The van der Waals surface area contributed by atoms with E-state index in [1.165, 1.54) is 16.4 Å².